The third-order valence-electron chi connectivity index (χ3n) is 3.66. The Morgan fingerprint density at radius 2 is 2.04 bits per heavy atom. The van der Waals surface area contributed by atoms with Gasteiger partial charge in [0.15, 0.2) is 11.5 Å². The molecule has 1 aliphatic heterocycles. The number of nitrogens with zero attached hydrogens (tertiary/aromatic N) is 1. The van der Waals surface area contributed by atoms with Crippen molar-refractivity contribution in [3.8, 4) is 17.4 Å². The van der Waals surface area contributed by atoms with Gasteiger partial charge in [-0.15, -0.1) is 36.6 Å². The Balaban J connectivity index is 0.00000182. The molecule has 0 spiro atoms. The predicted octanol–water partition coefficient (Wildman–Crippen LogP) is 3.39. The van der Waals surface area contributed by atoms with Gasteiger partial charge in [0.1, 0.15) is 0 Å². The van der Waals surface area contributed by atoms with Gasteiger partial charge in [0.05, 0.1) is 12.6 Å². The molecule has 1 saturated heterocycles. The van der Waals surface area contributed by atoms with Crippen molar-refractivity contribution < 1.29 is 14.3 Å². The second kappa shape index (κ2) is 11.9. The van der Waals surface area contributed by atoms with Crippen LogP contribution in [0.15, 0.2) is 42.6 Å². The zero-order chi connectivity index (χ0) is 17.5. The van der Waals surface area contributed by atoms with Gasteiger partial charge in [0.2, 0.25) is 11.8 Å². The summed E-state index contributed by atoms with van der Waals surface area (Å²) in [5.41, 5.74) is 0.921. The smallest absolute Gasteiger partial charge is 0.238 e. The third kappa shape index (κ3) is 6.77. The largest absolute Gasteiger partial charge is 0.490 e. The molecule has 1 unspecified atom stereocenters. The number of rotatable bonds is 7. The Labute approximate surface area is 175 Å². The number of aromatic nitrogens is 1. The minimum atomic E-state index is -0.101. The van der Waals surface area contributed by atoms with Crippen LogP contribution in [0.1, 0.15) is 12.5 Å². The van der Waals surface area contributed by atoms with Crippen LogP contribution in [0.5, 0.6) is 17.4 Å². The van der Waals surface area contributed by atoms with Crippen LogP contribution >= 0.6 is 36.6 Å². The molecule has 9 heteroatoms. The normalized spacial score (nSPS) is 15.2. The van der Waals surface area contributed by atoms with E-state index < -0.39 is 0 Å². The van der Waals surface area contributed by atoms with Gasteiger partial charge >= 0.3 is 0 Å². The number of hydrogen-bond donors (Lipinski definition) is 2. The number of ether oxygens (including phenoxy) is 2. The molecule has 2 heterocycles. The average Bonchev–Trinajstić information content (AvgIpc) is 3.17. The van der Waals surface area contributed by atoms with Crippen molar-refractivity contribution in [3.63, 3.8) is 0 Å². The number of carbonyl (C=O) groups excluding carboxylic acids is 1. The molecule has 1 aromatic carbocycles. The van der Waals surface area contributed by atoms with Crippen LogP contribution in [0.2, 0.25) is 0 Å². The highest BCUT2D eigenvalue weighted by molar-refractivity contribution is 7.99. The first-order chi connectivity index (χ1) is 12.3. The first-order valence-corrected chi connectivity index (χ1v) is 9.35. The summed E-state index contributed by atoms with van der Waals surface area (Å²) in [6.07, 6.45) is 1.70. The number of nitrogens with one attached hydrogen (secondary N) is 2. The van der Waals surface area contributed by atoms with Crippen molar-refractivity contribution in [2.75, 3.05) is 18.2 Å². The van der Waals surface area contributed by atoms with Crippen molar-refractivity contribution in [3.05, 3.63) is 48.2 Å². The van der Waals surface area contributed by atoms with Crippen LogP contribution in [0.3, 0.4) is 0 Å². The van der Waals surface area contributed by atoms with E-state index in [1.165, 1.54) is 0 Å². The molecule has 1 amide bonds. The minimum Gasteiger partial charge on any atom is -0.490 e. The summed E-state index contributed by atoms with van der Waals surface area (Å²) < 4.78 is 11.3. The highest BCUT2D eigenvalue weighted by Crippen LogP contribution is 2.30. The fraction of sp³-hybridized carbons (Fsp3) is 0.333. The van der Waals surface area contributed by atoms with E-state index in [9.17, 15) is 4.79 Å². The van der Waals surface area contributed by atoms with E-state index in [-0.39, 0.29) is 36.8 Å². The molecule has 3 rings (SSSR count). The van der Waals surface area contributed by atoms with E-state index in [1.54, 1.807) is 24.0 Å². The summed E-state index contributed by atoms with van der Waals surface area (Å²) in [5, 5.41) is 6.07. The van der Waals surface area contributed by atoms with Gasteiger partial charge in [-0.1, -0.05) is 18.2 Å². The first kappa shape index (κ1) is 23.4. The number of carbonyl (C=O) groups is 1. The summed E-state index contributed by atoms with van der Waals surface area (Å²) >= 11 is 1.73. The molecule has 0 aliphatic carbocycles. The van der Waals surface area contributed by atoms with E-state index in [4.69, 9.17) is 9.47 Å². The lowest BCUT2D eigenvalue weighted by Crippen LogP contribution is -2.41. The Morgan fingerprint density at radius 3 is 2.67 bits per heavy atom. The zero-order valence-electron chi connectivity index (χ0n) is 14.8. The van der Waals surface area contributed by atoms with Gasteiger partial charge in [-0.05, 0) is 24.6 Å². The van der Waals surface area contributed by atoms with E-state index in [0.29, 0.717) is 30.5 Å². The van der Waals surface area contributed by atoms with E-state index >= 15 is 0 Å². The van der Waals surface area contributed by atoms with E-state index in [2.05, 4.69) is 15.6 Å². The maximum absolute atomic E-state index is 12.0. The van der Waals surface area contributed by atoms with E-state index in [1.807, 2.05) is 37.3 Å². The predicted molar refractivity (Wildman–Crippen MR) is 113 cm³/mol. The van der Waals surface area contributed by atoms with Crippen molar-refractivity contribution in [2.45, 2.75) is 19.5 Å². The number of thioether (sulfide) groups is 1. The highest BCUT2D eigenvalue weighted by Gasteiger charge is 2.21. The molecule has 1 aliphatic rings. The first-order valence-electron chi connectivity index (χ1n) is 8.19. The molecule has 6 nitrogen and oxygen atoms in total. The second-order valence-corrected chi connectivity index (χ2v) is 6.51. The van der Waals surface area contributed by atoms with Crippen molar-refractivity contribution >= 4 is 42.5 Å². The van der Waals surface area contributed by atoms with Crippen LogP contribution in [-0.4, -0.2) is 35.2 Å². The molecule has 1 aromatic heterocycles. The van der Waals surface area contributed by atoms with Gasteiger partial charge in [0.25, 0.3) is 0 Å². The van der Waals surface area contributed by atoms with Gasteiger partial charge in [-0.2, -0.15) is 0 Å². The molecule has 2 N–H and O–H groups in total. The van der Waals surface area contributed by atoms with Gasteiger partial charge in [-0.3, -0.25) is 10.1 Å². The lowest BCUT2D eigenvalue weighted by Gasteiger charge is -2.12. The summed E-state index contributed by atoms with van der Waals surface area (Å²) in [4.78, 5) is 16.3. The minimum absolute atomic E-state index is 0. The standard InChI is InChI=1S/C18H21N3O3S.2ClH/c1-2-23-15-5-3-4-6-16(15)24-17-8-7-13(9-19-17)10-20-18(22)14-11-25-12-21-14;;/h3-9,14,21H,2,10-12H2,1H3,(H,20,22);2*1H. The monoisotopic (exact) mass is 431 g/mol. The zero-order valence-corrected chi connectivity index (χ0v) is 17.3. The number of hydrogen-bond acceptors (Lipinski definition) is 6. The fourth-order valence-corrected chi connectivity index (χ4v) is 3.32. The maximum Gasteiger partial charge on any atom is 0.238 e. The molecule has 0 radical (unpaired) electrons. The Bertz CT molecular complexity index is 713. The summed E-state index contributed by atoms with van der Waals surface area (Å²) in [7, 11) is 0. The van der Waals surface area contributed by atoms with Crippen molar-refractivity contribution in [1.82, 2.24) is 15.6 Å². The number of amides is 1. The molecular formula is C18H23Cl2N3O3S. The lowest BCUT2D eigenvalue weighted by molar-refractivity contribution is -0.122. The maximum atomic E-state index is 12.0. The molecule has 27 heavy (non-hydrogen) atoms. The van der Waals surface area contributed by atoms with Crippen LogP contribution in [0.25, 0.3) is 0 Å². The van der Waals surface area contributed by atoms with Crippen LogP contribution in [0, 0.1) is 0 Å². The summed E-state index contributed by atoms with van der Waals surface area (Å²) in [6, 6.07) is 11.1. The highest BCUT2D eigenvalue weighted by atomic mass is 35.5. The number of halogens is 2. The van der Waals surface area contributed by atoms with Crippen LogP contribution in [-0.2, 0) is 11.3 Å². The lowest BCUT2D eigenvalue weighted by atomic mass is 10.2. The molecule has 148 valence electrons. The van der Waals surface area contributed by atoms with E-state index in [0.717, 1.165) is 17.2 Å². The summed E-state index contributed by atoms with van der Waals surface area (Å²) in [6.45, 7) is 2.95. The molecule has 1 atom stereocenters. The number of benzene rings is 1. The molecule has 2 aromatic rings. The topological polar surface area (TPSA) is 72.5 Å². The average molecular weight is 432 g/mol. The quantitative estimate of drug-likeness (QED) is 0.699. The van der Waals surface area contributed by atoms with Crippen molar-refractivity contribution in [2.24, 2.45) is 0 Å². The Morgan fingerprint density at radius 1 is 1.26 bits per heavy atom. The number of para-hydroxylation sites is 2. The fourth-order valence-electron chi connectivity index (χ4n) is 2.37. The van der Waals surface area contributed by atoms with Gasteiger partial charge in [0, 0.05) is 30.4 Å². The Kier molecular flexibility index (Phi) is 10.3. The summed E-state index contributed by atoms with van der Waals surface area (Å²) in [5.74, 6) is 3.46. The van der Waals surface area contributed by atoms with Crippen molar-refractivity contribution in [1.29, 1.82) is 0 Å². The van der Waals surface area contributed by atoms with Crippen LogP contribution < -0.4 is 20.1 Å². The van der Waals surface area contributed by atoms with Gasteiger partial charge < -0.3 is 14.8 Å². The third-order valence-corrected chi connectivity index (χ3v) is 4.60. The molecule has 1 fully saturated rings. The molecule has 0 bridgehead atoms. The van der Waals surface area contributed by atoms with Gasteiger partial charge in [-0.25, -0.2) is 4.98 Å². The second-order valence-electron chi connectivity index (χ2n) is 5.48. The van der Waals surface area contributed by atoms with Crippen LogP contribution in [0.4, 0.5) is 0 Å². The number of pyridine rings is 1. The Hall–Kier alpha value is -1.67. The molecule has 0 saturated carbocycles. The SMILES string of the molecule is CCOc1ccccc1Oc1ccc(CNC(=O)C2CSCN2)cn1.Cl.Cl. The molecular weight excluding hydrogens is 409 g/mol.